The van der Waals surface area contributed by atoms with Crippen LogP contribution in [-0.2, 0) is 0 Å². The highest BCUT2D eigenvalue weighted by Gasteiger charge is 1.99. The first-order valence-corrected chi connectivity index (χ1v) is 5.07. The summed E-state index contributed by atoms with van der Waals surface area (Å²) >= 11 is 3.37. The van der Waals surface area contributed by atoms with Crippen LogP contribution in [0.2, 0.25) is 0 Å². The fourth-order valence-corrected chi connectivity index (χ4v) is 1.46. The summed E-state index contributed by atoms with van der Waals surface area (Å²) in [7, 11) is 1.85. The lowest BCUT2D eigenvalue weighted by Gasteiger charge is -2.03. The van der Waals surface area contributed by atoms with Gasteiger partial charge >= 0.3 is 0 Å². The van der Waals surface area contributed by atoms with Crippen molar-refractivity contribution in [2.45, 2.75) is 6.92 Å². The van der Waals surface area contributed by atoms with E-state index in [0.29, 0.717) is 5.56 Å². The minimum Gasteiger partial charge on any atom is -0.392 e. The van der Waals surface area contributed by atoms with Crippen LogP contribution in [0.5, 0.6) is 0 Å². The van der Waals surface area contributed by atoms with Gasteiger partial charge in [0.25, 0.3) is 0 Å². The smallest absolute Gasteiger partial charge is 0.150 e. The summed E-state index contributed by atoms with van der Waals surface area (Å²) < 4.78 is 0.971. The van der Waals surface area contributed by atoms with Crippen molar-refractivity contribution in [1.29, 1.82) is 0 Å². The molecule has 0 aliphatic carbocycles. The number of carbonyl (C=O) groups excluding carboxylic acids is 1. The Hall–Kier alpha value is -1.09. The molecule has 2 nitrogen and oxygen atoms in total. The molecule has 0 atom stereocenters. The van der Waals surface area contributed by atoms with Crippen molar-refractivity contribution in [3.63, 3.8) is 0 Å². The van der Waals surface area contributed by atoms with Crippen molar-refractivity contribution in [3.8, 4) is 0 Å². The molecule has 0 fully saturated rings. The Labute approximate surface area is 92.1 Å². The van der Waals surface area contributed by atoms with E-state index in [9.17, 15) is 4.79 Å². The number of nitrogens with one attached hydrogen (secondary N) is 1. The SMILES string of the molecule is CN/C(C)=C\c1cc(Br)ccc1C=O. The molecule has 0 saturated heterocycles. The quantitative estimate of drug-likeness (QED) is 0.840. The minimum absolute atomic E-state index is 0.697. The maximum absolute atomic E-state index is 10.7. The molecule has 0 unspecified atom stereocenters. The number of rotatable bonds is 3. The number of halogens is 1. The highest BCUT2D eigenvalue weighted by atomic mass is 79.9. The lowest BCUT2D eigenvalue weighted by atomic mass is 10.1. The van der Waals surface area contributed by atoms with E-state index in [-0.39, 0.29) is 0 Å². The summed E-state index contributed by atoms with van der Waals surface area (Å²) in [6.07, 6.45) is 2.80. The summed E-state index contributed by atoms with van der Waals surface area (Å²) in [6, 6.07) is 5.58. The molecule has 0 heterocycles. The lowest BCUT2D eigenvalue weighted by molar-refractivity contribution is 0.112. The molecule has 1 rings (SSSR count). The van der Waals surface area contributed by atoms with Crippen LogP contribution in [0.1, 0.15) is 22.8 Å². The molecule has 1 N–H and O–H groups in total. The van der Waals surface area contributed by atoms with Crippen molar-refractivity contribution in [3.05, 3.63) is 39.5 Å². The standard InChI is InChI=1S/C11H12BrNO/c1-8(13-2)5-10-6-11(12)4-3-9(10)7-14/h3-7,13H,1-2H3/b8-5-. The van der Waals surface area contributed by atoms with Crippen molar-refractivity contribution in [2.75, 3.05) is 7.05 Å². The maximum atomic E-state index is 10.7. The summed E-state index contributed by atoms with van der Waals surface area (Å²) in [4.78, 5) is 10.7. The Morgan fingerprint density at radius 1 is 1.43 bits per heavy atom. The van der Waals surface area contributed by atoms with Gasteiger partial charge in [0.2, 0.25) is 0 Å². The van der Waals surface area contributed by atoms with E-state index in [0.717, 1.165) is 22.0 Å². The molecule has 0 bridgehead atoms. The van der Waals surface area contributed by atoms with Crippen LogP contribution in [0.3, 0.4) is 0 Å². The average Bonchev–Trinajstić information content (AvgIpc) is 2.18. The van der Waals surface area contributed by atoms with Gasteiger partial charge in [0.05, 0.1) is 0 Å². The van der Waals surface area contributed by atoms with Gasteiger partial charge in [-0.2, -0.15) is 0 Å². The lowest BCUT2D eigenvalue weighted by Crippen LogP contribution is -2.01. The van der Waals surface area contributed by atoms with Gasteiger partial charge in [-0.1, -0.05) is 15.9 Å². The maximum Gasteiger partial charge on any atom is 0.150 e. The first-order chi connectivity index (χ1) is 6.67. The second-order valence-corrected chi connectivity index (χ2v) is 3.88. The Kier molecular flexibility index (Phi) is 3.89. The molecule has 1 aromatic rings. The molecule has 0 aliphatic rings. The van der Waals surface area contributed by atoms with Crippen LogP contribution < -0.4 is 5.32 Å². The number of benzene rings is 1. The highest BCUT2D eigenvalue weighted by Crippen LogP contribution is 2.17. The van der Waals surface area contributed by atoms with E-state index >= 15 is 0 Å². The zero-order valence-corrected chi connectivity index (χ0v) is 9.76. The normalized spacial score (nSPS) is 11.2. The van der Waals surface area contributed by atoms with Gasteiger partial charge < -0.3 is 5.32 Å². The molecule has 1 aromatic carbocycles. The summed E-state index contributed by atoms with van der Waals surface area (Å²) in [5.41, 5.74) is 2.63. The van der Waals surface area contributed by atoms with Gasteiger partial charge in [0.1, 0.15) is 0 Å². The third kappa shape index (κ3) is 2.70. The first-order valence-electron chi connectivity index (χ1n) is 4.28. The van der Waals surface area contributed by atoms with Crippen LogP contribution in [0.15, 0.2) is 28.4 Å². The number of hydrogen-bond acceptors (Lipinski definition) is 2. The van der Waals surface area contributed by atoms with E-state index in [1.165, 1.54) is 0 Å². The second-order valence-electron chi connectivity index (χ2n) is 2.97. The molecular formula is C11H12BrNO. The molecule has 0 amide bonds. The first kappa shape index (κ1) is 11.0. The largest absolute Gasteiger partial charge is 0.392 e. The van der Waals surface area contributed by atoms with Crippen LogP contribution in [0.4, 0.5) is 0 Å². The van der Waals surface area contributed by atoms with Gasteiger partial charge in [-0.15, -0.1) is 0 Å². The predicted molar refractivity (Wildman–Crippen MR) is 62.2 cm³/mol. The average molecular weight is 254 g/mol. The van der Waals surface area contributed by atoms with Gasteiger partial charge in [-0.05, 0) is 36.8 Å². The molecule has 0 aromatic heterocycles. The Bertz CT molecular complexity index is 372. The summed E-state index contributed by atoms with van der Waals surface area (Å²) in [5, 5.41) is 3.01. The van der Waals surface area contributed by atoms with Crippen LogP contribution >= 0.6 is 15.9 Å². The number of allylic oxidation sites excluding steroid dienone is 1. The van der Waals surface area contributed by atoms with Crippen molar-refractivity contribution >= 4 is 28.3 Å². The van der Waals surface area contributed by atoms with Crippen molar-refractivity contribution in [1.82, 2.24) is 5.32 Å². The molecule has 0 saturated carbocycles. The molecule has 0 spiro atoms. The second kappa shape index (κ2) is 4.96. The fourth-order valence-electron chi connectivity index (χ4n) is 1.08. The van der Waals surface area contributed by atoms with Crippen LogP contribution in [0, 0.1) is 0 Å². The van der Waals surface area contributed by atoms with E-state index in [4.69, 9.17) is 0 Å². The van der Waals surface area contributed by atoms with E-state index in [1.807, 2.05) is 32.2 Å². The highest BCUT2D eigenvalue weighted by molar-refractivity contribution is 9.10. The number of aldehydes is 1. The van der Waals surface area contributed by atoms with Crippen molar-refractivity contribution < 1.29 is 4.79 Å². The fraction of sp³-hybridized carbons (Fsp3) is 0.182. The van der Waals surface area contributed by atoms with Crippen LogP contribution in [-0.4, -0.2) is 13.3 Å². The van der Waals surface area contributed by atoms with Gasteiger partial charge in [0.15, 0.2) is 6.29 Å². The van der Waals surface area contributed by atoms with Crippen LogP contribution in [0.25, 0.3) is 6.08 Å². The number of hydrogen-bond donors (Lipinski definition) is 1. The third-order valence-corrected chi connectivity index (χ3v) is 2.44. The molecule has 0 aliphatic heterocycles. The summed E-state index contributed by atoms with van der Waals surface area (Å²) in [5.74, 6) is 0. The minimum atomic E-state index is 0.697. The monoisotopic (exact) mass is 253 g/mol. The van der Waals surface area contributed by atoms with E-state index < -0.39 is 0 Å². The molecule has 3 heteroatoms. The Balaban J connectivity index is 3.17. The summed E-state index contributed by atoms with van der Waals surface area (Å²) in [6.45, 7) is 1.95. The van der Waals surface area contributed by atoms with E-state index in [2.05, 4.69) is 21.2 Å². The number of carbonyl (C=O) groups is 1. The van der Waals surface area contributed by atoms with Gasteiger partial charge in [-0.25, -0.2) is 0 Å². The Morgan fingerprint density at radius 3 is 2.71 bits per heavy atom. The zero-order valence-electron chi connectivity index (χ0n) is 8.17. The predicted octanol–water partition coefficient (Wildman–Crippen LogP) is 2.84. The van der Waals surface area contributed by atoms with Crippen molar-refractivity contribution in [2.24, 2.45) is 0 Å². The third-order valence-electron chi connectivity index (χ3n) is 1.94. The Morgan fingerprint density at radius 2 is 2.14 bits per heavy atom. The van der Waals surface area contributed by atoms with E-state index in [1.54, 1.807) is 6.07 Å². The zero-order chi connectivity index (χ0) is 10.6. The molecule has 74 valence electrons. The van der Waals surface area contributed by atoms with Gasteiger partial charge in [-0.3, -0.25) is 4.79 Å². The molecular weight excluding hydrogens is 242 g/mol. The van der Waals surface area contributed by atoms with Gasteiger partial charge in [0, 0.05) is 22.8 Å². The molecule has 0 radical (unpaired) electrons. The topological polar surface area (TPSA) is 29.1 Å². The molecule has 14 heavy (non-hydrogen) atoms.